The Hall–Kier alpha value is -2.15. The van der Waals surface area contributed by atoms with Gasteiger partial charge in [0.2, 0.25) is 0 Å². The molecule has 3 aromatic rings. The topological polar surface area (TPSA) is 27.7 Å². The SMILES string of the molecule is c1ccc(CN(Cc2ccccc2)Sc2ccc(CNCCCN3CCOCC3)cc2)cc1. The van der Waals surface area contributed by atoms with Crippen molar-refractivity contribution in [2.75, 3.05) is 39.4 Å². The van der Waals surface area contributed by atoms with Crippen molar-refractivity contribution < 1.29 is 4.74 Å². The van der Waals surface area contributed by atoms with Crippen molar-refractivity contribution >= 4 is 11.9 Å². The first-order valence-corrected chi connectivity index (χ1v) is 12.7. The highest BCUT2D eigenvalue weighted by Crippen LogP contribution is 2.27. The summed E-state index contributed by atoms with van der Waals surface area (Å²) in [5.41, 5.74) is 4.00. The molecule has 33 heavy (non-hydrogen) atoms. The molecule has 1 N–H and O–H groups in total. The second-order valence-corrected chi connectivity index (χ2v) is 9.66. The van der Waals surface area contributed by atoms with E-state index in [-0.39, 0.29) is 0 Å². The van der Waals surface area contributed by atoms with E-state index in [9.17, 15) is 0 Å². The van der Waals surface area contributed by atoms with E-state index in [4.69, 9.17) is 4.74 Å². The molecule has 0 amide bonds. The molecule has 0 radical (unpaired) electrons. The van der Waals surface area contributed by atoms with Gasteiger partial charge in [-0.3, -0.25) is 4.90 Å². The number of hydrogen-bond donors (Lipinski definition) is 1. The van der Waals surface area contributed by atoms with Crippen LogP contribution in [-0.2, 0) is 24.4 Å². The maximum absolute atomic E-state index is 5.42. The van der Waals surface area contributed by atoms with E-state index in [1.54, 1.807) is 0 Å². The molecule has 1 fully saturated rings. The zero-order chi connectivity index (χ0) is 22.6. The van der Waals surface area contributed by atoms with Gasteiger partial charge in [-0.2, -0.15) is 0 Å². The minimum atomic E-state index is 0.881. The van der Waals surface area contributed by atoms with E-state index < -0.39 is 0 Å². The third-order valence-corrected chi connectivity index (χ3v) is 6.82. The second kappa shape index (κ2) is 13.5. The summed E-state index contributed by atoms with van der Waals surface area (Å²) < 4.78 is 7.85. The molecule has 0 atom stereocenters. The van der Waals surface area contributed by atoms with Crippen LogP contribution in [0.15, 0.2) is 89.8 Å². The summed E-state index contributed by atoms with van der Waals surface area (Å²) in [7, 11) is 0. The van der Waals surface area contributed by atoms with Crippen LogP contribution in [0.3, 0.4) is 0 Å². The largest absolute Gasteiger partial charge is 0.379 e. The minimum Gasteiger partial charge on any atom is -0.379 e. The maximum atomic E-state index is 5.42. The Kier molecular flexibility index (Phi) is 9.84. The predicted octanol–water partition coefficient (Wildman–Crippen LogP) is 5.21. The van der Waals surface area contributed by atoms with E-state index in [2.05, 4.69) is 99.5 Å². The third-order valence-electron chi connectivity index (χ3n) is 5.82. The van der Waals surface area contributed by atoms with Gasteiger partial charge in [-0.1, -0.05) is 72.8 Å². The normalized spacial score (nSPS) is 14.6. The first-order valence-electron chi connectivity index (χ1n) is 12.0. The summed E-state index contributed by atoms with van der Waals surface area (Å²) >= 11 is 1.83. The van der Waals surface area contributed by atoms with Gasteiger partial charge in [-0.25, -0.2) is 4.31 Å². The van der Waals surface area contributed by atoms with Gasteiger partial charge in [-0.15, -0.1) is 0 Å². The molecule has 1 aliphatic rings. The van der Waals surface area contributed by atoms with Crippen LogP contribution in [-0.4, -0.2) is 48.6 Å². The summed E-state index contributed by atoms with van der Waals surface area (Å²) in [5.74, 6) is 0. The van der Waals surface area contributed by atoms with Gasteiger partial charge in [0.1, 0.15) is 0 Å². The van der Waals surface area contributed by atoms with Crippen LogP contribution < -0.4 is 5.32 Å². The Balaban J connectivity index is 1.25. The summed E-state index contributed by atoms with van der Waals surface area (Å²) in [5, 5.41) is 3.59. The van der Waals surface area contributed by atoms with Gasteiger partial charge < -0.3 is 10.1 Å². The fraction of sp³-hybridized carbons (Fsp3) is 0.357. The highest BCUT2D eigenvalue weighted by Gasteiger charge is 2.10. The summed E-state index contributed by atoms with van der Waals surface area (Å²) in [6, 6.07) is 30.4. The highest BCUT2D eigenvalue weighted by molar-refractivity contribution is 7.97. The van der Waals surface area contributed by atoms with Crippen LogP contribution in [0.2, 0.25) is 0 Å². The van der Waals surface area contributed by atoms with E-state index in [0.717, 1.165) is 59.0 Å². The monoisotopic (exact) mass is 461 g/mol. The lowest BCUT2D eigenvalue weighted by molar-refractivity contribution is 0.0374. The van der Waals surface area contributed by atoms with Gasteiger partial charge in [0.15, 0.2) is 0 Å². The van der Waals surface area contributed by atoms with Crippen molar-refractivity contribution in [3.63, 3.8) is 0 Å². The molecule has 0 unspecified atom stereocenters. The lowest BCUT2D eigenvalue weighted by atomic mass is 10.2. The van der Waals surface area contributed by atoms with E-state index in [0.29, 0.717) is 0 Å². The Morgan fingerprint density at radius 1 is 0.758 bits per heavy atom. The van der Waals surface area contributed by atoms with Crippen molar-refractivity contribution in [3.8, 4) is 0 Å². The number of nitrogens with one attached hydrogen (secondary N) is 1. The second-order valence-electron chi connectivity index (χ2n) is 8.49. The molecule has 0 spiro atoms. The number of morpholine rings is 1. The quantitative estimate of drug-likeness (QED) is 0.295. The molecule has 4 nitrogen and oxygen atoms in total. The van der Waals surface area contributed by atoms with Crippen LogP contribution in [0.1, 0.15) is 23.1 Å². The molecule has 174 valence electrons. The zero-order valence-corrected chi connectivity index (χ0v) is 20.2. The van der Waals surface area contributed by atoms with Gasteiger partial charge in [0.05, 0.1) is 13.2 Å². The molecule has 0 aromatic heterocycles. The maximum Gasteiger partial charge on any atom is 0.0594 e. The Morgan fingerprint density at radius 2 is 1.36 bits per heavy atom. The van der Waals surface area contributed by atoms with Crippen LogP contribution in [0, 0.1) is 0 Å². The molecule has 1 heterocycles. The van der Waals surface area contributed by atoms with E-state index >= 15 is 0 Å². The molecular weight excluding hydrogens is 426 g/mol. The third kappa shape index (κ3) is 8.61. The molecule has 4 rings (SSSR count). The number of hydrogen-bond acceptors (Lipinski definition) is 5. The molecule has 5 heteroatoms. The molecule has 1 saturated heterocycles. The predicted molar refractivity (Wildman–Crippen MR) is 138 cm³/mol. The van der Waals surface area contributed by atoms with Crippen LogP contribution in [0.25, 0.3) is 0 Å². The molecule has 3 aromatic carbocycles. The first kappa shape index (κ1) is 24.0. The number of ether oxygens (including phenoxy) is 1. The average molecular weight is 462 g/mol. The average Bonchev–Trinajstić information content (AvgIpc) is 2.87. The molecule has 0 aliphatic carbocycles. The van der Waals surface area contributed by atoms with Crippen LogP contribution in [0.5, 0.6) is 0 Å². The van der Waals surface area contributed by atoms with Crippen LogP contribution >= 0.6 is 11.9 Å². The van der Waals surface area contributed by atoms with Gasteiger partial charge in [0, 0.05) is 37.6 Å². The Labute approximate surface area is 203 Å². The summed E-state index contributed by atoms with van der Waals surface area (Å²) in [6.45, 7) is 8.86. The van der Waals surface area contributed by atoms with Crippen molar-refractivity contribution in [1.29, 1.82) is 0 Å². The Bertz CT molecular complexity index is 873. The number of nitrogens with zero attached hydrogens (tertiary/aromatic N) is 2. The van der Waals surface area contributed by atoms with E-state index in [1.165, 1.54) is 28.0 Å². The van der Waals surface area contributed by atoms with Gasteiger partial charge in [0.25, 0.3) is 0 Å². The lowest BCUT2D eigenvalue weighted by Gasteiger charge is -2.26. The lowest BCUT2D eigenvalue weighted by Crippen LogP contribution is -2.37. The molecule has 0 saturated carbocycles. The van der Waals surface area contributed by atoms with Crippen molar-refractivity contribution in [1.82, 2.24) is 14.5 Å². The standard InChI is InChI=1S/C28H35N3OS/c1-3-8-26(9-4-1)23-31(24-27-10-5-2-6-11-27)33-28-14-12-25(13-15-28)22-29-16-7-17-30-18-20-32-21-19-30/h1-6,8-15,29H,7,16-24H2. The fourth-order valence-corrected chi connectivity index (χ4v) is 4.98. The van der Waals surface area contributed by atoms with E-state index in [1.807, 2.05) is 11.9 Å². The van der Waals surface area contributed by atoms with Gasteiger partial charge in [-0.05, 0) is 60.3 Å². The minimum absolute atomic E-state index is 0.881. The van der Waals surface area contributed by atoms with Crippen LogP contribution in [0.4, 0.5) is 0 Å². The van der Waals surface area contributed by atoms with Gasteiger partial charge >= 0.3 is 0 Å². The number of rotatable bonds is 12. The molecular formula is C28H35N3OS. The summed E-state index contributed by atoms with van der Waals surface area (Å²) in [4.78, 5) is 3.77. The Morgan fingerprint density at radius 3 is 1.97 bits per heavy atom. The fourth-order valence-electron chi connectivity index (χ4n) is 4.00. The highest BCUT2D eigenvalue weighted by atomic mass is 32.2. The zero-order valence-electron chi connectivity index (χ0n) is 19.4. The van der Waals surface area contributed by atoms with Crippen molar-refractivity contribution in [2.45, 2.75) is 31.0 Å². The number of benzene rings is 3. The first-order chi connectivity index (χ1) is 16.3. The van der Waals surface area contributed by atoms with Crippen molar-refractivity contribution in [2.24, 2.45) is 0 Å². The molecule has 1 aliphatic heterocycles. The van der Waals surface area contributed by atoms with Crippen molar-refractivity contribution in [3.05, 3.63) is 102 Å². The smallest absolute Gasteiger partial charge is 0.0594 e. The molecule has 0 bridgehead atoms. The summed E-state index contributed by atoms with van der Waals surface area (Å²) in [6.07, 6.45) is 1.18.